The Morgan fingerprint density at radius 1 is 1.21 bits per heavy atom. The Morgan fingerprint density at radius 3 is 2.68 bits per heavy atom. The van der Waals surface area contributed by atoms with Gasteiger partial charge in [-0.15, -0.1) is 0 Å². The van der Waals surface area contributed by atoms with Gasteiger partial charge in [-0.2, -0.15) is 0 Å². The Bertz CT molecular complexity index is 624. The standard InChI is InChI=1S/C15H12ClF2N/c1-8-2-5-12(16)11-7-14(19-15(8)11)10-4-3-9(17)6-13(10)18/h2-6,14,19H,7H2,1H3. The zero-order valence-electron chi connectivity index (χ0n) is 10.3. The maximum Gasteiger partial charge on any atom is 0.131 e. The number of nitrogens with one attached hydrogen (secondary N) is 1. The van der Waals surface area contributed by atoms with Crippen LogP contribution in [0.1, 0.15) is 22.7 Å². The first kappa shape index (κ1) is 12.4. The zero-order chi connectivity index (χ0) is 13.6. The average molecular weight is 280 g/mol. The summed E-state index contributed by atoms with van der Waals surface area (Å²) in [7, 11) is 0. The summed E-state index contributed by atoms with van der Waals surface area (Å²) >= 11 is 6.17. The van der Waals surface area contributed by atoms with E-state index >= 15 is 0 Å². The number of aryl methyl sites for hydroxylation is 1. The molecule has 0 saturated carbocycles. The molecule has 1 atom stereocenters. The van der Waals surface area contributed by atoms with E-state index in [1.807, 2.05) is 19.1 Å². The van der Waals surface area contributed by atoms with E-state index in [1.54, 1.807) is 0 Å². The maximum absolute atomic E-state index is 13.8. The molecular weight excluding hydrogens is 268 g/mol. The van der Waals surface area contributed by atoms with Crippen LogP contribution in [0.4, 0.5) is 14.5 Å². The summed E-state index contributed by atoms with van der Waals surface area (Å²) < 4.78 is 26.8. The first-order chi connectivity index (χ1) is 9.06. The van der Waals surface area contributed by atoms with E-state index in [4.69, 9.17) is 11.6 Å². The smallest absolute Gasteiger partial charge is 0.131 e. The third kappa shape index (κ3) is 2.08. The van der Waals surface area contributed by atoms with Crippen molar-refractivity contribution >= 4 is 17.3 Å². The van der Waals surface area contributed by atoms with Crippen molar-refractivity contribution in [3.63, 3.8) is 0 Å². The van der Waals surface area contributed by atoms with Gasteiger partial charge in [0.05, 0.1) is 6.04 Å². The quantitative estimate of drug-likeness (QED) is 0.802. The average Bonchev–Trinajstić information content (AvgIpc) is 2.80. The van der Waals surface area contributed by atoms with Crippen LogP contribution in [0.25, 0.3) is 0 Å². The van der Waals surface area contributed by atoms with Crippen molar-refractivity contribution in [2.75, 3.05) is 5.32 Å². The molecule has 2 aromatic rings. The highest BCUT2D eigenvalue weighted by Gasteiger charge is 2.27. The van der Waals surface area contributed by atoms with Crippen LogP contribution >= 0.6 is 11.6 Å². The summed E-state index contributed by atoms with van der Waals surface area (Å²) in [5, 5.41) is 3.95. The summed E-state index contributed by atoms with van der Waals surface area (Å²) in [6.45, 7) is 1.98. The highest BCUT2D eigenvalue weighted by Crippen LogP contribution is 2.40. The zero-order valence-corrected chi connectivity index (χ0v) is 11.1. The molecule has 0 bridgehead atoms. The van der Waals surface area contributed by atoms with Gasteiger partial charge in [0.1, 0.15) is 11.6 Å². The Kier molecular flexibility index (Phi) is 2.94. The Balaban J connectivity index is 2.00. The SMILES string of the molecule is Cc1ccc(Cl)c2c1NC(c1ccc(F)cc1F)C2. The van der Waals surface area contributed by atoms with Crippen molar-refractivity contribution in [3.8, 4) is 0 Å². The number of rotatable bonds is 1. The van der Waals surface area contributed by atoms with Crippen molar-refractivity contribution in [2.45, 2.75) is 19.4 Å². The fraction of sp³-hybridized carbons (Fsp3) is 0.200. The van der Waals surface area contributed by atoms with Gasteiger partial charge in [-0.3, -0.25) is 0 Å². The summed E-state index contributed by atoms with van der Waals surface area (Å²) in [5.74, 6) is -1.09. The van der Waals surface area contributed by atoms with Gasteiger partial charge < -0.3 is 5.32 Å². The van der Waals surface area contributed by atoms with Crippen molar-refractivity contribution in [1.29, 1.82) is 0 Å². The molecule has 4 heteroatoms. The fourth-order valence-electron chi connectivity index (χ4n) is 2.54. The van der Waals surface area contributed by atoms with Crippen LogP contribution in [0.3, 0.4) is 0 Å². The van der Waals surface area contributed by atoms with Gasteiger partial charge in [-0.25, -0.2) is 8.78 Å². The second-order valence-electron chi connectivity index (χ2n) is 4.78. The van der Waals surface area contributed by atoms with Crippen molar-refractivity contribution in [2.24, 2.45) is 0 Å². The summed E-state index contributed by atoms with van der Waals surface area (Å²) in [5.41, 5.74) is 3.49. The molecule has 0 amide bonds. The number of benzene rings is 2. The molecule has 1 nitrogen and oxygen atoms in total. The van der Waals surface area contributed by atoms with E-state index < -0.39 is 11.6 Å². The van der Waals surface area contributed by atoms with Crippen LogP contribution in [-0.4, -0.2) is 0 Å². The summed E-state index contributed by atoms with van der Waals surface area (Å²) in [4.78, 5) is 0. The van der Waals surface area contributed by atoms with Crippen LogP contribution < -0.4 is 5.32 Å². The first-order valence-corrected chi connectivity index (χ1v) is 6.43. The van der Waals surface area contributed by atoms with Gasteiger partial charge in [-0.05, 0) is 30.2 Å². The second kappa shape index (κ2) is 4.49. The molecule has 1 unspecified atom stereocenters. The lowest BCUT2D eigenvalue weighted by Crippen LogP contribution is -2.08. The number of hydrogen-bond donors (Lipinski definition) is 1. The van der Waals surface area contributed by atoms with Crippen molar-refractivity contribution < 1.29 is 8.78 Å². The van der Waals surface area contributed by atoms with E-state index in [1.165, 1.54) is 12.1 Å². The largest absolute Gasteiger partial charge is 0.377 e. The van der Waals surface area contributed by atoms with Crippen molar-refractivity contribution in [1.82, 2.24) is 0 Å². The van der Waals surface area contributed by atoms with E-state index in [0.717, 1.165) is 22.9 Å². The van der Waals surface area contributed by atoms with Gasteiger partial charge >= 0.3 is 0 Å². The molecule has 98 valence electrons. The summed E-state index contributed by atoms with van der Waals surface area (Å²) in [6, 6.07) is 7.25. The Morgan fingerprint density at radius 2 is 2.00 bits per heavy atom. The van der Waals surface area contributed by atoms with E-state index in [9.17, 15) is 8.78 Å². The number of halogens is 3. The lowest BCUT2D eigenvalue weighted by Gasteiger charge is -2.13. The van der Waals surface area contributed by atoms with Gasteiger partial charge in [0.2, 0.25) is 0 Å². The minimum atomic E-state index is -0.564. The molecule has 2 aromatic carbocycles. The number of fused-ring (bicyclic) bond motifs is 1. The lowest BCUT2D eigenvalue weighted by atomic mass is 10.0. The van der Waals surface area contributed by atoms with Gasteiger partial charge in [-0.1, -0.05) is 23.7 Å². The molecule has 3 rings (SSSR count). The first-order valence-electron chi connectivity index (χ1n) is 6.05. The van der Waals surface area contributed by atoms with Gasteiger partial charge in [0.15, 0.2) is 0 Å². The molecule has 0 spiro atoms. The molecule has 1 aliphatic heterocycles. The Hall–Kier alpha value is -1.61. The third-order valence-corrected chi connectivity index (χ3v) is 3.88. The molecule has 0 saturated heterocycles. The molecule has 0 aromatic heterocycles. The Labute approximate surface area is 115 Å². The molecule has 0 aliphatic carbocycles. The highest BCUT2D eigenvalue weighted by atomic mass is 35.5. The fourth-order valence-corrected chi connectivity index (χ4v) is 2.78. The predicted molar refractivity (Wildman–Crippen MR) is 72.6 cm³/mol. The topological polar surface area (TPSA) is 12.0 Å². The van der Waals surface area contributed by atoms with Gasteiger partial charge in [0.25, 0.3) is 0 Å². The lowest BCUT2D eigenvalue weighted by molar-refractivity contribution is 0.563. The molecule has 1 heterocycles. The van der Waals surface area contributed by atoms with Crippen molar-refractivity contribution in [3.05, 3.63) is 63.7 Å². The van der Waals surface area contributed by atoms with Crippen LogP contribution in [0.5, 0.6) is 0 Å². The van der Waals surface area contributed by atoms with E-state index in [-0.39, 0.29) is 6.04 Å². The third-order valence-electron chi connectivity index (χ3n) is 3.53. The molecule has 0 radical (unpaired) electrons. The minimum absolute atomic E-state index is 0.200. The van der Waals surface area contributed by atoms with Crippen LogP contribution in [-0.2, 0) is 6.42 Å². The minimum Gasteiger partial charge on any atom is -0.377 e. The monoisotopic (exact) mass is 279 g/mol. The number of anilines is 1. The maximum atomic E-state index is 13.8. The molecule has 1 aliphatic rings. The molecule has 0 fully saturated rings. The predicted octanol–water partition coefficient (Wildman–Crippen LogP) is 4.64. The van der Waals surface area contributed by atoms with Gasteiger partial charge in [0, 0.05) is 28.8 Å². The van der Waals surface area contributed by atoms with E-state index in [0.29, 0.717) is 17.0 Å². The normalized spacial score (nSPS) is 17.2. The summed E-state index contributed by atoms with van der Waals surface area (Å²) in [6.07, 6.45) is 0.610. The van der Waals surface area contributed by atoms with E-state index in [2.05, 4.69) is 5.32 Å². The van der Waals surface area contributed by atoms with Crippen LogP contribution in [0.15, 0.2) is 30.3 Å². The van der Waals surface area contributed by atoms with Crippen LogP contribution in [0.2, 0.25) is 5.02 Å². The second-order valence-corrected chi connectivity index (χ2v) is 5.19. The van der Waals surface area contributed by atoms with Crippen LogP contribution in [0, 0.1) is 18.6 Å². The number of hydrogen-bond acceptors (Lipinski definition) is 1. The molecule has 1 N–H and O–H groups in total. The molecule has 19 heavy (non-hydrogen) atoms. The molecular formula is C15H12ClF2N. The highest BCUT2D eigenvalue weighted by molar-refractivity contribution is 6.31.